The Morgan fingerprint density at radius 2 is 1.78 bits per heavy atom. The van der Waals surface area contributed by atoms with Gasteiger partial charge in [-0.15, -0.1) is 0 Å². The number of nitrogens with one attached hydrogen (secondary N) is 1. The molecule has 130 valence electrons. The minimum Gasteiger partial charge on any atom is -0.481 e. The SMILES string of the molecule is CCC(O)(CC)CNCc1cc(C)c(OCC(=O)OC)c(C)c1. The highest BCUT2D eigenvalue weighted by atomic mass is 16.6. The van der Waals surface area contributed by atoms with E-state index in [2.05, 4.69) is 10.1 Å². The van der Waals surface area contributed by atoms with E-state index in [4.69, 9.17) is 4.74 Å². The topological polar surface area (TPSA) is 67.8 Å². The molecule has 5 heteroatoms. The molecule has 0 radical (unpaired) electrons. The van der Waals surface area contributed by atoms with Gasteiger partial charge in [0, 0.05) is 13.1 Å². The van der Waals surface area contributed by atoms with E-state index < -0.39 is 11.6 Å². The summed E-state index contributed by atoms with van der Waals surface area (Å²) in [6.45, 7) is 9.06. The number of carbonyl (C=O) groups is 1. The van der Waals surface area contributed by atoms with Gasteiger partial charge in [-0.05, 0) is 43.4 Å². The lowest BCUT2D eigenvalue weighted by molar-refractivity contribution is -0.142. The molecule has 1 aromatic carbocycles. The quantitative estimate of drug-likeness (QED) is 0.684. The van der Waals surface area contributed by atoms with E-state index in [1.54, 1.807) is 0 Å². The number of rotatable bonds is 9. The third kappa shape index (κ3) is 5.84. The van der Waals surface area contributed by atoms with Crippen LogP contribution < -0.4 is 10.1 Å². The molecule has 1 rings (SSSR count). The van der Waals surface area contributed by atoms with Crippen LogP contribution in [0.2, 0.25) is 0 Å². The van der Waals surface area contributed by atoms with Crippen molar-refractivity contribution in [1.29, 1.82) is 0 Å². The minimum absolute atomic E-state index is 0.0875. The number of hydrogen-bond donors (Lipinski definition) is 2. The van der Waals surface area contributed by atoms with E-state index in [9.17, 15) is 9.90 Å². The van der Waals surface area contributed by atoms with Crippen molar-refractivity contribution < 1.29 is 19.4 Å². The lowest BCUT2D eigenvalue weighted by Crippen LogP contribution is -2.39. The summed E-state index contributed by atoms with van der Waals surface area (Å²) in [5.74, 6) is 0.325. The van der Waals surface area contributed by atoms with Crippen molar-refractivity contribution >= 4 is 5.97 Å². The maximum Gasteiger partial charge on any atom is 0.343 e. The highest BCUT2D eigenvalue weighted by Crippen LogP contribution is 2.25. The maximum atomic E-state index is 11.2. The van der Waals surface area contributed by atoms with E-state index in [0.717, 1.165) is 35.3 Å². The van der Waals surface area contributed by atoms with Gasteiger partial charge in [-0.25, -0.2) is 4.79 Å². The predicted octanol–water partition coefficient (Wildman–Crippen LogP) is 2.50. The summed E-state index contributed by atoms with van der Waals surface area (Å²) in [6, 6.07) is 4.06. The molecule has 23 heavy (non-hydrogen) atoms. The van der Waals surface area contributed by atoms with Crippen LogP contribution in [0.15, 0.2) is 12.1 Å². The molecule has 0 atom stereocenters. The number of hydrogen-bond acceptors (Lipinski definition) is 5. The largest absolute Gasteiger partial charge is 0.481 e. The van der Waals surface area contributed by atoms with E-state index >= 15 is 0 Å². The van der Waals surface area contributed by atoms with Crippen molar-refractivity contribution in [3.8, 4) is 5.75 Å². The zero-order chi connectivity index (χ0) is 17.5. The molecule has 0 saturated heterocycles. The van der Waals surface area contributed by atoms with Crippen molar-refractivity contribution in [1.82, 2.24) is 5.32 Å². The molecule has 0 heterocycles. The van der Waals surface area contributed by atoms with Crippen LogP contribution >= 0.6 is 0 Å². The Hall–Kier alpha value is -1.59. The Labute approximate surface area is 139 Å². The van der Waals surface area contributed by atoms with Crippen LogP contribution in [0.3, 0.4) is 0 Å². The molecule has 0 aliphatic heterocycles. The first-order chi connectivity index (χ1) is 10.8. The smallest absolute Gasteiger partial charge is 0.343 e. The van der Waals surface area contributed by atoms with Gasteiger partial charge in [0.05, 0.1) is 12.7 Å². The normalized spacial score (nSPS) is 11.4. The molecule has 0 fully saturated rings. The summed E-state index contributed by atoms with van der Waals surface area (Å²) in [5.41, 5.74) is 2.44. The standard InChI is InChI=1S/C18H29NO4/c1-6-18(21,7-2)12-19-10-15-8-13(3)17(14(4)9-15)23-11-16(20)22-5/h8-9,19,21H,6-7,10-12H2,1-5H3. The van der Waals surface area contributed by atoms with Crippen molar-refractivity contribution in [2.24, 2.45) is 0 Å². The van der Waals surface area contributed by atoms with Crippen LogP contribution in [0, 0.1) is 13.8 Å². The first-order valence-corrected chi connectivity index (χ1v) is 8.08. The second-order valence-corrected chi connectivity index (χ2v) is 5.96. The molecule has 1 aromatic rings. The molecule has 0 unspecified atom stereocenters. The molecule has 0 spiro atoms. The van der Waals surface area contributed by atoms with Gasteiger partial charge in [0.15, 0.2) is 6.61 Å². The molecule has 0 aliphatic carbocycles. The highest BCUT2D eigenvalue weighted by molar-refractivity contribution is 5.71. The van der Waals surface area contributed by atoms with Crippen LogP contribution in [0.1, 0.15) is 43.4 Å². The van der Waals surface area contributed by atoms with E-state index in [1.807, 2.05) is 39.8 Å². The van der Waals surface area contributed by atoms with Gasteiger partial charge < -0.3 is 19.9 Å². The summed E-state index contributed by atoms with van der Waals surface area (Å²) in [6.07, 6.45) is 1.46. The van der Waals surface area contributed by atoms with Crippen molar-refractivity contribution in [2.75, 3.05) is 20.3 Å². The van der Waals surface area contributed by atoms with Crippen LogP contribution in [-0.4, -0.2) is 36.9 Å². The predicted molar refractivity (Wildman–Crippen MR) is 90.7 cm³/mol. The number of ether oxygens (including phenoxy) is 2. The number of aliphatic hydroxyl groups is 1. The lowest BCUT2D eigenvalue weighted by atomic mass is 9.97. The van der Waals surface area contributed by atoms with Gasteiger partial charge in [0.2, 0.25) is 0 Å². The first kappa shape index (κ1) is 19.5. The van der Waals surface area contributed by atoms with Gasteiger partial charge in [0.25, 0.3) is 0 Å². The van der Waals surface area contributed by atoms with Gasteiger partial charge in [-0.1, -0.05) is 26.0 Å². The minimum atomic E-state index is -0.645. The Morgan fingerprint density at radius 3 is 2.26 bits per heavy atom. The molecule has 5 nitrogen and oxygen atoms in total. The lowest BCUT2D eigenvalue weighted by Gasteiger charge is -2.25. The molecule has 0 amide bonds. The summed E-state index contributed by atoms with van der Waals surface area (Å²) >= 11 is 0. The number of carbonyl (C=O) groups excluding carboxylic acids is 1. The van der Waals surface area contributed by atoms with E-state index in [0.29, 0.717) is 13.1 Å². The monoisotopic (exact) mass is 323 g/mol. The molecule has 0 saturated carbocycles. The zero-order valence-electron chi connectivity index (χ0n) is 14.9. The van der Waals surface area contributed by atoms with Gasteiger partial charge in [-0.2, -0.15) is 0 Å². The molecule has 2 N–H and O–H groups in total. The highest BCUT2D eigenvalue weighted by Gasteiger charge is 2.21. The Bertz CT molecular complexity index is 501. The molecular weight excluding hydrogens is 294 g/mol. The van der Waals surface area contributed by atoms with Gasteiger partial charge >= 0.3 is 5.97 Å². The molecule has 0 aliphatic rings. The summed E-state index contributed by atoms with van der Waals surface area (Å²) in [7, 11) is 1.34. The number of benzene rings is 1. The molecule has 0 aromatic heterocycles. The number of aryl methyl sites for hydroxylation is 2. The fourth-order valence-electron chi connectivity index (χ4n) is 2.50. The van der Waals surface area contributed by atoms with E-state index in [-0.39, 0.29) is 6.61 Å². The maximum absolute atomic E-state index is 11.2. The van der Waals surface area contributed by atoms with Crippen LogP contribution in [0.4, 0.5) is 0 Å². The average Bonchev–Trinajstić information content (AvgIpc) is 2.53. The Morgan fingerprint density at radius 1 is 1.22 bits per heavy atom. The first-order valence-electron chi connectivity index (χ1n) is 8.08. The van der Waals surface area contributed by atoms with Crippen molar-refractivity contribution in [3.05, 3.63) is 28.8 Å². The summed E-state index contributed by atoms with van der Waals surface area (Å²) < 4.78 is 10.1. The summed E-state index contributed by atoms with van der Waals surface area (Å²) in [4.78, 5) is 11.2. The fraction of sp³-hybridized carbons (Fsp3) is 0.611. The Balaban J connectivity index is 2.67. The average molecular weight is 323 g/mol. The number of esters is 1. The van der Waals surface area contributed by atoms with Gasteiger partial charge in [0.1, 0.15) is 5.75 Å². The van der Waals surface area contributed by atoms with Crippen molar-refractivity contribution in [3.63, 3.8) is 0 Å². The second-order valence-electron chi connectivity index (χ2n) is 5.96. The van der Waals surface area contributed by atoms with Crippen LogP contribution in [0.5, 0.6) is 5.75 Å². The third-order valence-corrected chi connectivity index (χ3v) is 4.18. The van der Waals surface area contributed by atoms with Crippen LogP contribution in [-0.2, 0) is 16.1 Å². The summed E-state index contributed by atoms with van der Waals surface area (Å²) in [5, 5.41) is 13.6. The second kappa shape index (κ2) is 8.89. The fourth-order valence-corrected chi connectivity index (χ4v) is 2.50. The van der Waals surface area contributed by atoms with Crippen molar-refractivity contribution in [2.45, 2.75) is 52.7 Å². The molecule has 0 bridgehead atoms. The number of methoxy groups -OCH3 is 1. The van der Waals surface area contributed by atoms with Crippen LogP contribution in [0.25, 0.3) is 0 Å². The molecular formula is C18H29NO4. The third-order valence-electron chi connectivity index (χ3n) is 4.18. The Kier molecular flexibility index (Phi) is 7.52. The van der Waals surface area contributed by atoms with E-state index in [1.165, 1.54) is 7.11 Å². The van der Waals surface area contributed by atoms with Gasteiger partial charge in [-0.3, -0.25) is 0 Å². The zero-order valence-corrected chi connectivity index (χ0v) is 14.9.